The standard InChI is InChI=1S/C28H32N4O8/c1-15(33)17-9-11-22-24-19(18-7-5-6-8-20(18)30-24)13-16(32(22)25(17)35)14-38-26(36)21(10-12-23(34)40-29)31-27(37)39-28(2,3)4/h5-9,11,16,21,30H,10,12-14,29H2,1-4H3,(H,31,37)/t16-,21?/m0/s1. The van der Waals surface area contributed by atoms with E-state index in [1.165, 1.54) is 17.6 Å². The first-order chi connectivity index (χ1) is 18.9. The van der Waals surface area contributed by atoms with Crippen LogP contribution in [0.25, 0.3) is 22.3 Å². The van der Waals surface area contributed by atoms with Crippen LogP contribution in [0.15, 0.2) is 41.2 Å². The van der Waals surface area contributed by atoms with Crippen LogP contribution in [0.3, 0.4) is 0 Å². The minimum Gasteiger partial charge on any atom is -0.462 e. The number of nitrogens with two attached hydrogens (primary N) is 1. The number of rotatable bonds is 8. The topological polar surface area (TPSA) is 172 Å². The van der Waals surface area contributed by atoms with Gasteiger partial charge in [0.25, 0.3) is 5.56 Å². The highest BCUT2D eigenvalue weighted by Gasteiger charge is 2.32. The zero-order valence-electron chi connectivity index (χ0n) is 22.7. The fraction of sp³-hybridized carbons (Fsp3) is 0.393. The van der Waals surface area contributed by atoms with E-state index in [0.717, 1.165) is 22.2 Å². The van der Waals surface area contributed by atoms with Crippen LogP contribution in [0.2, 0.25) is 0 Å². The fourth-order valence-electron chi connectivity index (χ4n) is 4.78. The smallest absolute Gasteiger partial charge is 0.408 e. The van der Waals surface area contributed by atoms with E-state index in [2.05, 4.69) is 15.1 Å². The lowest BCUT2D eigenvalue weighted by Gasteiger charge is -2.29. The van der Waals surface area contributed by atoms with Crippen LogP contribution in [-0.2, 0) is 30.3 Å². The summed E-state index contributed by atoms with van der Waals surface area (Å²) in [6.45, 7) is 6.07. The van der Waals surface area contributed by atoms with E-state index in [0.29, 0.717) is 12.1 Å². The number of benzene rings is 1. The van der Waals surface area contributed by atoms with Crippen molar-refractivity contribution in [2.24, 2.45) is 5.90 Å². The van der Waals surface area contributed by atoms with Gasteiger partial charge in [0.1, 0.15) is 18.2 Å². The van der Waals surface area contributed by atoms with Gasteiger partial charge in [0.2, 0.25) is 0 Å². The number of nitrogens with zero attached hydrogens (tertiary/aromatic N) is 1. The molecule has 40 heavy (non-hydrogen) atoms. The summed E-state index contributed by atoms with van der Waals surface area (Å²) in [5.41, 5.74) is 1.83. The molecule has 212 valence electrons. The number of ketones is 1. The molecule has 1 aliphatic rings. The Labute approximate surface area is 229 Å². The van der Waals surface area contributed by atoms with Crippen molar-refractivity contribution in [2.45, 2.75) is 64.6 Å². The maximum Gasteiger partial charge on any atom is 0.408 e. The number of esters is 1. The molecule has 0 aliphatic carbocycles. The maximum absolute atomic E-state index is 13.4. The molecular formula is C28H32N4O8. The number of fused-ring (bicyclic) bond motifs is 5. The lowest BCUT2D eigenvalue weighted by Crippen LogP contribution is -2.45. The summed E-state index contributed by atoms with van der Waals surface area (Å²) in [5, 5.41) is 3.39. The quantitative estimate of drug-likeness (QED) is 0.216. The largest absolute Gasteiger partial charge is 0.462 e. The molecule has 1 aromatic carbocycles. The molecular weight excluding hydrogens is 520 g/mol. The molecule has 12 nitrogen and oxygen atoms in total. The summed E-state index contributed by atoms with van der Waals surface area (Å²) in [5.74, 6) is 2.91. The van der Waals surface area contributed by atoms with Crippen LogP contribution in [0.4, 0.5) is 4.79 Å². The lowest BCUT2D eigenvalue weighted by atomic mass is 9.95. The van der Waals surface area contributed by atoms with Gasteiger partial charge < -0.3 is 24.6 Å². The molecule has 1 unspecified atom stereocenters. The van der Waals surface area contributed by atoms with Gasteiger partial charge in [-0.15, -0.1) is 0 Å². The molecule has 1 amide bonds. The zero-order valence-corrected chi connectivity index (χ0v) is 22.7. The third kappa shape index (κ3) is 6.07. The van der Waals surface area contributed by atoms with Crippen molar-refractivity contribution in [3.05, 3.63) is 57.9 Å². The Morgan fingerprint density at radius 2 is 1.88 bits per heavy atom. The van der Waals surface area contributed by atoms with Crippen molar-refractivity contribution < 1.29 is 33.5 Å². The number of Topliss-reactive ketones (excluding diaryl/α,β-unsaturated/α-hetero) is 1. The second-order valence-electron chi connectivity index (χ2n) is 10.6. The summed E-state index contributed by atoms with van der Waals surface area (Å²) in [7, 11) is 0. The van der Waals surface area contributed by atoms with Crippen molar-refractivity contribution in [2.75, 3.05) is 6.61 Å². The van der Waals surface area contributed by atoms with Gasteiger partial charge in [-0.2, -0.15) is 5.90 Å². The average molecular weight is 553 g/mol. The number of carbonyl (C=O) groups is 4. The molecule has 0 fully saturated rings. The summed E-state index contributed by atoms with van der Waals surface area (Å²) in [6.07, 6.45) is -0.955. The Hall–Kier alpha value is -4.45. The minimum atomic E-state index is -1.25. The van der Waals surface area contributed by atoms with E-state index < -0.39 is 41.3 Å². The van der Waals surface area contributed by atoms with Crippen LogP contribution >= 0.6 is 0 Å². The third-order valence-corrected chi connectivity index (χ3v) is 6.53. The summed E-state index contributed by atoms with van der Waals surface area (Å²) in [6, 6.07) is 8.99. The highest BCUT2D eigenvalue weighted by Crippen LogP contribution is 2.38. The van der Waals surface area contributed by atoms with Crippen molar-refractivity contribution in [1.29, 1.82) is 0 Å². The van der Waals surface area contributed by atoms with E-state index in [-0.39, 0.29) is 30.8 Å². The van der Waals surface area contributed by atoms with E-state index in [1.807, 2.05) is 24.3 Å². The number of aromatic amines is 1. The Morgan fingerprint density at radius 1 is 1.15 bits per heavy atom. The molecule has 2 atom stereocenters. The van der Waals surface area contributed by atoms with Gasteiger partial charge in [0.05, 0.1) is 23.0 Å². The number of hydrogen-bond acceptors (Lipinski definition) is 9. The van der Waals surface area contributed by atoms with Gasteiger partial charge in [-0.1, -0.05) is 18.2 Å². The predicted octanol–water partition coefficient (Wildman–Crippen LogP) is 2.93. The molecule has 2 aromatic heterocycles. The van der Waals surface area contributed by atoms with Gasteiger partial charge in [-0.05, 0) is 64.3 Å². The number of carbonyl (C=O) groups excluding carboxylic acids is 4. The maximum atomic E-state index is 13.4. The van der Waals surface area contributed by atoms with Crippen LogP contribution in [-0.4, -0.2) is 51.6 Å². The number of nitrogens with one attached hydrogen (secondary N) is 2. The summed E-state index contributed by atoms with van der Waals surface area (Å²) >= 11 is 0. The van der Waals surface area contributed by atoms with Gasteiger partial charge in [-0.3, -0.25) is 19.0 Å². The minimum absolute atomic E-state index is 0.0180. The van der Waals surface area contributed by atoms with Crippen LogP contribution < -0.4 is 16.8 Å². The molecule has 0 radical (unpaired) electrons. The summed E-state index contributed by atoms with van der Waals surface area (Å²) in [4.78, 5) is 70.2. The van der Waals surface area contributed by atoms with Crippen LogP contribution in [0.1, 0.15) is 62.5 Å². The lowest BCUT2D eigenvalue weighted by molar-refractivity contribution is -0.148. The molecule has 1 aliphatic heterocycles. The number of ether oxygens (including phenoxy) is 2. The Bertz CT molecular complexity index is 1530. The van der Waals surface area contributed by atoms with E-state index in [9.17, 15) is 24.0 Å². The number of pyridine rings is 1. The first-order valence-electron chi connectivity index (χ1n) is 12.8. The van der Waals surface area contributed by atoms with E-state index in [1.54, 1.807) is 26.8 Å². The molecule has 4 N–H and O–H groups in total. The molecule has 0 spiro atoms. The van der Waals surface area contributed by atoms with Gasteiger partial charge in [-0.25, -0.2) is 9.59 Å². The molecule has 3 heterocycles. The van der Waals surface area contributed by atoms with E-state index in [4.69, 9.17) is 15.4 Å². The third-order valence-electron chi connectivity index (χ3n) is 6.53. The molecule has 3 aromatic rings. The van der Waals surface area contributed by atoms with Crippen molar-refractivity contribution in [1.82, 2.24) is 14.9 Å². The molecule has 12 heteroatoms. The van der Waals surface area contributed by atoms with Crippen molar-refractivity contribution in [3.63, 3.8) is 0 Å². The molecule has 0 bridgehead atoms. The second kappa shape index (κ2) is 11.3. The second-order valence-corrected chi connectivity index (χ2v) is 10.6. The Balaban J connectivity index is 1.63. The molecule has 4 rings (SSSR count). The first-order valence-corrected chi connectivity index (χ1v) is 12.8. The Kier molecular flexibility index (Phi) is 8.10. The number of para-hydroxylation sites is 1. The van der Waals surface area contributed by atoms with Gasteiger partial charge >= 0.3 is 18.0 Å². The predicted molar refractivity (Wildman–Crippen MR) is 144 cm³/mol. The number of H-pyrrole nitrogens is 1. The normalized spacial score (nSPS) is 15.0. The fourth-order valence-corrected chi connectivity index (χ4v) is 4.78. The van der Waals surface area contributed by atoms with Gasteiger partial charge in [0, 0.05) is 17.3 Å². The number of alkyl carbamates (subject to hydrolysis) is 1. The number of aromatic nitrogens is 2. The van der Waals surface area contributed by atoms with Crippen LogP contribution in [0.5, 0.6) is 0 Å². The highest BCUT2D eigenvalue weighted by atomic mass is 16.7. The highest BCUT2D eigenvalue weighted by molar-refractivity contribution is 5.95. The van der Waals surface area contributed by atoms with Crippen LogP contribution in [0, 0.1) is 0 Å². The van der Waals surface area contributed by atoms with Gasteiger partial charge in [0.15, 0.2) is 5.78 Å². The SMILES string of the molecule is CC(=O)c1ccc2n(c1=O)[C@H](COC(=O)C(CCC(=O)ON)NC(=O)OC(C)(C)C)Cc1c-2[nH]c2ccccc12. The summed E-state index contributed by atoms with van der Waals surface area (Å²) < 4.78 is 12.3. The first kappa shape index (κ1) is 28.6. The number of amides is 1. The number of hydrogen-bond donors (Lipinski definition) is 3. The zero-order chi connectivity index (χ0) is 29.2. The monoisotopic (exact) mass is 552 g/mol. The van der Waals surface area contributed by atoms with Crippen molar-refractivity contribution >= 4 is 34.7 Å². The molecule has 0 saturated heterocycles. The van der Waals surface area contributed by atoms with Crippen molar-refractivity contribution in [3.8, 4) is 11.4 Å². The van der Waals surface area contributed by atoms with E-state index >= 15 is 0 Å². The average Bonchev–Trinajstić information content (AvgIpc) is 3.26. The molecule has 0 saturated carbocycles. The Morgan fingerprint density at radius 3 is 2.55 bits per heavy atom.